The quantitative estimate of drug-likeness (QED) is 0.895. The van der Waals surface area contributed by atoms with Crippen molar-refractivity contribution in [2.45, 2.75) is 19.3 Å². The van der Waals surface area contributed by atoms with Gasteiger partial charge < -0.3 is 15.4 Å². The Balaban J connectivity index is 1.77. The van der Waals surface area contributed by atoms with Gasteiger partial charge in [-0.1, -0.05) is 6.07 Å². The molecule has 0 unspecified atom stereocenters. The molecule has 24 heavy (non-hydrogen) atoms. The lowest BCUT2D eigenvalue weighted by Crippen LogP contribution is -2.14. The van der Waals surface area contributed by atoms with Crippen molar-refractivity contribution in [1.82, 2.24) is 15.3 Å². The van der Waals surface area contributed by atoms with Crippen LogP contribution in [-0.2, 0) is 19.3 Å². The Morgan fingerprint density at radius 2 is 2.17 bits per heavy atom. The maximum Gasteiger partial charge on any atom is 0.416 e. The highest BCUT2D eigenvalue weighted by molar-refractivity contribution is 5.96. The Hall–Kier alpha value is -2.84. The Bertz CT molecular complexity index is 793. The number of rotatable bonds is 4. The van der Waals surface area contributed by atoms with E-state index in [4.69, 9.17) is 4.74 Å². The standard InChI is InChI=1S/C15H13F3N4O2/c1-24-11-4-10(15(16,17)18)3-2-8(11)5-20-14-21-7-9-6-19-13(23)12(9)22-14/h2-4,7H,5-6H2,1H3,(H,19,23)(H,20,21,22). The highest BCUT2D eigenvalue weighted by Gasteiger charge is 2.31. The molecule has 3 rings (SSSR count). The summed E-state index contributed by atoms with van der Waals surface area (Å²) in [6, 6.07) is 3.25. The second-order valence-corrected chi connectivity index (χ2v) is 5.13. The van der Waals surface area contributed by atoms with Crippen LogP contribution in [0.15, 0.2) is 24.4 Å². The molecule has 1 aliphatic heterocycles. The maximum absolute atomic E-state index is 12.7. The first kappa shape index (κ1) is 16.0. The zero-order chi connectivity index (χ0) is 17.3. The van der Waals surface area contributed by atoms with Crippen LogP contribution in [-0.4, -0.2) is 23.0 Å². The van der Waals surface area contributed by atoms with Gasteiger partial charge in [0, 0.05) is 30.4 Å². The van der Waals surface area contributed by atoms with E-state index in [1.807, 2.05) is 0 Å². The summed E-state index contributed by atoms with van der Waals surface area (Å²) in [6.45, 7) is 0.545. The first-order valence-electron chi connectivity index (χ1n) is 7.00. The number of carbonyl (C=O) groups excluding carboxylic acids is 1. The molecule has 0 fully saturated rings. The number of alkyl halides is 3. The summed E-state index contributed by atoms with van der Waals surface area (Å²) in [5, 5.41) is 5.51. The number of amides is 1. The fourth-order valence-electron chi connectivity index (χ4n) is 2.32. The first-order valence-corrected chi connectivity index (χ1v) is 7.00. The van der Waals surface area contributed by atoms with Gasteiger partial charge in [0.2, 0.25) is 5.95 Å². The van der Waals surface area contributed by atoms with E-state index in [2.05, 4.69) is 20.6 Å². The van der Waals surface area contributed by atoms with Crippen LogP contribution in [0.3, 0.4) is 0 Å². The largest absolute Gasteiger partial charge is 0.496 e. The van der Waals surface area contributed by atoms with E-state index in [1.165, 1.54) is 19.4 Å². The van der Waals surface area contributed by atoms with Crippen LogP contribution >= 0.6 is 0 Å². The molecule has 1 aliphatic rings. The van der Waals surface area contributed by atoms with E-state index in [1.54, 1.807) is 0 Å². The molecule has 2 N–H and O–H groups in total. The predicted molar refractivity (Wildman–Crippen MR) is 78.5 cm³/mol. The van der Waals surface area contributed by atoms with Gasteiger partial charge in [-0.3, -0.25) is 4.79 Å². The van der Waals surface area contributed by atoms with Crippen molar-refractivity contribution in [2.24, 2.45) is 0 Å². The third-order valence-electron chi connectivity index (χ3n) is 3.57. The highest BCUT2D eigenvalue weighted by Crippen LogP contribution is 2.33. The van der Waals surface area contributed by atoms with E-state index in [-0.39, 0.29) is 24.1 Å². The number of carbonyl (C=O) groups is 1. The zero-order valence-electron chi connectivity index (χ0n) is 12.6. The topological polar surface area (TPSA) is 76.1 Å². The number of fused-ring (bicyclic) bond motifs is 1. The lowest BCUT2D eigenvalue weighted by atomic mass is 10.1. The van der Waals surface area contributed by atoms with Crippen LogP contribution in [0.25, 0.3) is 0 Å². The van der Waals surface area contributed by atoms with Gasteiger partial charge in [0.05, 0.1) is 12.7 Å². The molecule has 0 saturated heterocycles. The van der Waals surface area contributed by atoms with Gasteiger partial charge in [-0.2, -0.15) is 13.2 Å². The second kappa shape index (κ2) is 5.99. The molecule has 0 bridgehead atoms. The van der Waals surface area contributed by atoms with E-state index >= 15 is 0 Å². The highest BCUT2D eigenvalue weighted by atomic mass is 19.4. The van der Waals surface area contributed by atoms with Crippen LogP contribution in [0, 0.1) is 0 Å². The fraction of sp³-hybridized carbons (Fsp3) is 0.267. The van der Waals surface area contributed by atoms with Gasteiger partial charge in [-0.25, -0.2) is 9.97 Å². The molecule has 126 valence electrons. The summed E-state index contributed by atoms with van der Waals surface area (Å²) in [5.41, 5.74) is 0.733. The number of aromatic nitrogens is 2. The second-order valence-electron chi connectivity index (χ2n) is 5.13. The molecular weight excluding hydrogens is 325 g/mol. The molecule has 2 heterocycles. The summed E-state index contributed by atoms with van der Waals surface area (Å²) in [4.78, 5) is 19.8. The molecule has 0 spiro atoms. The van der Waals surface area contributed by atoms with Crippen molar-refractivity contribution < 1.29 is 22.7 Å². The molecule has 0 aliphatic carbocycles. The fourth-order valence-corrected chi connectivity index (χ4v) is 2.32. The van der Waals surface area contributed by atoms with Crippen LogP contribution in [0.1, 0.15) is 27.2 Å². The Kier molecular flexibility index (Phi) is 4.00. The molecule has 1 aromatic carbocycles. The van der Waals surface area contributed by atoms with Gasteiger partial charge in [0.15, 0.2) is 0 Å². The minimum absolute atomic E-state index is 0.108. The molecule has 0 radical (unpaired) electrons. The normalized spacial score (nSPS) is 13.4. The number of hydrogen-bond donors (Lipinski definition) is 2. The number of nitrogens with one attached hydrogen (secondary N) is 2. The van der Waals surface area contributed by atoms with Crippen molar-refractivity contribution in [3.63, 3.8) is 0 Å². The Morgan fingerprint density at radius 1 is 1.38 bits per heavy atom. The number of halogens is 3. The Labute approximate surface area is 135 Å². The lowest BCUT2D eigenvalue weighted by Gasteiger charge is -2.13. The van der Waals surface area contributed by atoms with Crippen molar-refractivity contribution in [1.29, 1.82) is 0 Å². The van der Waals surface area contributed by atoms with Crippen LogP contribution in [0.2, 0.25) is 0 Å². The summed E-state index contributed by atoms with van der Waals surface area (Å²) in [7, 11) is 1.30. The average molecular weight is 338 g/mol. The van der Waals surface area contributed by atoms with Crippen molar-refractivity contribution in [3.05, 3.63) is 46.8 Å². The molecule has 1 aromatic heterocycles. The molecule has 2 aromatic rings. The summed E-state index contributed by atoms with van der Waals surface area (Å²) in [6.07, 6.45) is -2.90. The van der Waals surface area contributed by atoms with E-state index in [0.717, 1.165) is 12.1 Å². The SMILES string of the molecule is COc1cc(C(F)(F)F)ccc1CNc1ncc2c(n1)C(=O)NC2. The molecule has 9 heteroatoms. The third-order valence-corrected chi connectivity index (χ3v) is 3.57. The summed E-state index contributed by atoms with van der Waals surface area (Å²) < 4.78 is 43.2. The van der Waals surface area contributed by atoms with E-state index in [9.17, 15) is 18.0 Å². The third kappa shape index (κ3) is 3.10. The van der Waals surface area contributed by atoms with Gasteiger partial charge in [0.1, 0.15) is 11.4 Å². The number of benzene rings is 1. The van der Waals surface area contributed by atoms with Crippen LogP contribution in [0.4, 0.5) is 19.1 Å². The van der Waals surface area contributed by atoms with Crippen LogP contribution in [0.5, 0.6) is 5.75 Å². The maximum atomic E-state index is 12.7. The molecule has 0 atom stereocenters. The first-order chi connectivity index (χ1) is 11.4. The van der Waals surface area contributed by atoms with Crippen LogP contribution < -0.4 is 15.4 Å². The molecule has 6 nitrogen and oxygen atoms in total. The number of methoxy groups -OCH3 is 1. The lowest BCUT2D eigenvalue weighted by molar-refractivity contribution is -0.137. The number of nitrogens with zero attached hydrogens (tertiary/aromatic N) is 2. The zero-order valence-corrected chi connectivity index (χ0v) is 12.6. The number of ether oxygens (including phenoxy) is 1. The predicted octanol–water partition coefficient (Wildman–Crippen LogP) is 2.36. The van der Waals surface area contributed by atoms with E-state index in [0.29, 0.717) is 23.4 Å². The average Bonchev–Trinajstić information content (AvgIpc) is 2.92. The summed E-state index contributed by atoms with van der Waals surface area (Å²) in [5.74, 6) is 0.0477. The minimum atomic E-state index is -4.43. The minimum Gasteiger partial charge on any atom is -0.496 e. The van der Waals surface area contributed by atoms with Crippen molar-refractivity contribution >= 4 is 11.9 Å². The monoisotopic (exact) mass is 338 g/mol. The van der Waals surface area contributed by atoms with E-state index < -0.39 is 11.7 Å². The molecule has 1 amide bonds. The van der Waals surface area contributed by atoms with Crippen molar-refractivity contribution in [3.8, 4) is 5.75 Å². The van der Waals surface area contributed by atoms with Gasteiger partial charge in [-0.05, 0) is 12.1 Å². The Morgan fingerprint density at radius 3 is 2.88 bits per heavy atom. The number of anilines is 1. The number of hydrogen-bond acceptors (Lipinski definition) is 5. The molecule has 0 saturated carbocycles. The summed E-state index contributed by atoms with van der Waals surface area (Å²) >= 11 is 0. The van der Waals surface area contributed by atoms with Gasteiger partial charge >= 0.3 is 6.18 Å². The van der Waals surface area contributed by atoms with Crippen molar-refractivity contribution in [2.75, 3.05) is 12.4 Å². The molecular formula is C15H13F3N4O2. The smallest absolute Gasteiger partial charge is 0.416 e. The van der Waals surface area contributed by atoms with Gasteiger partial charge in [-0.15, -0.1) is 0 Å². The van der Waals surface area contributed by atoms with Gasteiger partial charge in [0.25, 0.3) is 5.91 Å².